The molecule has 0 radical (unpaired) electrons. The molecule has 1 aromatic rings. The van der Waals surface area contributed by atoms with Gasteiger partial charge in [-0.15, -0.1) is 0 Å². The quantitative estimate of drug-likeness (QED) is 0.640. The Kier molecular flexibility index (Phi) is 4.44. The van der Waals surface area contributed by atoms with Crippen LogP contribution < -0.4 is 15.4 Å². The van der Waals surface area contributed by atoms with Crippen LogP contribution in [0.4, 0.5) is 11.4 Å². The van der Waals surface area contributed by atoms with Gasteiger partial charge in [0.05, 0.1) is 11.5 Å². The molecule has 0 bridgehead atoms. The van der Waals surface area contributed by atoms with Gasteiger partial charge in [0.1, 0.15) is 5.69 Å². The van der Waals surface area contributed by atoms with Crippen molar-refractivity contribution >= 4 is 11.4 Å². The molecule has 0 aromatic heterocycles. The van der Waals surface area contributed by atoms with Gasteiger partial charge in [0, 0.05) is 5.54 Å². The first-order valence-electron chi connectivity index (χ1n) is 6.95. The topological polar surface area (TPSA) is 76.4 Å². The number of anilines is 1. The van der Waals surface area contributed by atoms with Crippen LogP contribution in [0.2, 0.25) is 0 Å². The van der Waals surface area contributed by atoms with Gasteiger partial charge in [-0.25, -0.2) is 0 Å². The number of piperidine rings is 1. The molecular formula is C14H21N3O3. The molecule has 1 aliphatic heterocycles. The molecule has 1 fully saturated rings. The first kappa shape index (κ1) is 14.6. The van der Waals surface area contributed by atoms with Crippen LogP contribution in [0.3, 0.4) is 0 Å². The predicted molar refractivity (Wildman–Crippen MR) is 78.4 cm³/mol. The van der Waals surface area contributed by atoms with Crippen molar-refractivity contribution in [2.24, 2.45) is 0 Å². The molecule has 6 nitrogen and oxygen atoms in total. The third-order valence-electron chi connectivity index (χ3n) is 3.62. The predicted octanol–water partition coefficient (Wildman–Crippen LogP) is 2.55. The SMILES string of the molecule is CCOc1cccc(NC2(C)CCNCC2)c1[N+](=O)[O-]. The van der Waals surface area contributed by atoms with Crippen molar-refractivity contribution in [1.29, 1.82) is 0 Å². The van der Waals surface area contributed by atoms with Gasteiger partial charge in [-0.3, -0.25) is 10.1 Å². The highest BCUT2D eigenvalue weighted by molar-refractivity contribution is 5.69. The summed E-state index contributed by atoms with van der Waals surface area (Å²) in [4.78, 5) is 11.0. The highest BCUT2D eigenvalue weighted by Gasteiger charge is 2.30. The summed E-state index contributed by atoms with van der Waals surface area (Å²) in [6, 6.07) is 5.16. The fourth-order valence-electron chi connectivity index (χ4n) is 2.51. The Bertz CT molecular complexity index is 485. The van der Waals surface area contributed by atoms with E-state index in [1.807, 2.05) is 6.92 Å². The lowest BCUT2D eigenvalue weighted by molar-refractivity contribution is -0.385. The molecule has 6 heteroatoms. The summed E-state index contributed by atoms with van der Waals surface area (Å²) >= 11 is 0. The second kappa shape index (κ2) is 6.09. The number of benzene rings is 1. The molecule has 1 aliphatic rings. The largest absolute Gasteiger partial charge is 0.487 e. The van der Waals surface area contributed by atoms with Crippen molar-refractivity contribution in [3.8, 4) is 5.75 Å². The molecule has 20 heavy (non-hydrogen) atoms. The summed E-state index contributed by atoms with van der Waals surface area (Å²) in [7, 11) is 0. The van der Waals surface area contributed by atoms with Crippen LogP contribution >= 0.6 is 0 Å². The molecule has 0 saturated carbocycles. The van der Waals surface area contributed by atoms with E-state index in [1.165, 1.54) is 0 Å². The van der Waals surface area contributed by atoms with Gasteiger partial charge in [-0.1, -0.05) is 6.07 Å². The lowest BCUT2D eigenvalue weighted by Crippen LogP contribution is -2.45. The molecule has 0 atom stereocenters. The zero-order valence-corrected chi connectivity index (χ0v) is 11.9. The highest BCUT2D eigenvalue weighted by atomic mass is 16.6. The normalized spacial score (nSPS) is 17.5. The van der Waals surface area contributed by atoms with Crippen molar-refractivity contribution < 1.29 is 9.66 Å². The van der Waals surface area contributed by atoms with Crippen molar-refractivity contribution in [1.82, 2.24) is 5.32 Å². The number of nitro groups is 1. The van der Waals surface area contributed by atoms with E-state index in [-0.39, 0.29) is 16.1 Å². The number of ether oxygens (including phenoxy) is 1. The van der Waals surface area contributed by atoms with Crippen molar-refractivity contribution in [3.63, 3.8) is 0 Å². The van der Waals surface area contributed by atoms with Gasteiger partial charge in [0.15, 0.2) is 5.75 Å². The Morgan fingerprint density at radius 3 is 2.75 bits per heavy atom. The monoisotopic (exact) mass is 279 g/mol. The molecule has 0 unspecified atom stereocenters. The summed E-state index contributed by atoms with van der Waals surface area (Å²) in [6.07, 6.45) is 1.87. The standard InChI is InChI=1S/C14H21N3O3/c1-3-20-12-6-4-5-11(13(12)17(18)19)16-14(2)7-9-15-10-8-14/h4-6,15-16H,3,7-10H2,1-2H3. The second-order valence-corrected chi connectivity index (χ2v) is 5.28. The molecule has 1 saturated heterocycles. The van der Waals surface area contributed by atoms with E-state index in [9.17, 15) is 10.1 Å². The maximum Gasteiger partial charge on any atom is 0.333 e. The van der Waals surface area contributed by atoms with Crippen LogP contribution in [-0.4, -0.2) is 30.2 Å². The lowest BCUT2D eigenvalue weighted by atomic mass is 9.90. The van der Waals surface area contributed by atoms with Gasteiger partial charge in [-0.05, 0) is 51.9 Å². The van der Waals surface area contributed by atoms with Gasteiger partial charge in [0.25, 0.3) is 0 Å². The number of nitrogens with zero attached hydrogens (tertiary/aromatic N) is 1. The first-order valence-corrected chi connectivity index (χ1v) is 6.95. The van der Waals surface area contributed by atoms with Crippen molar-refractivity contribution in [2.75, 3.05) is 25.0 Å². The minimum atomic E-state index is -0.377. The fraction of sp³-hybridized carbons (Fsp3) is 0.571. The Hall–Kier alpha value is -1.82. The van der Waals surface area contributed by atoms with E-state index in [4.69, 9.17) is 4.74 Å². The maximum atomic E-state index is 11.3. The number of para-hydroxylation sites is 1. The van der Waals surface area contributed by atoms with Crippen LogP contribution in [0.5, 0.6) is 5.75 Å². The van der Waals surface area contributed by atoms with E-state index < -0.39 is 0 Å². The number of hydrogen-bond donors (Lipinski definition) is 2. The molecule has 1 aromatic carbocycles. The van der Waals surface area contributed by atoms with Crippen LogP contribution in [0.1, 0.15) is 26.7 Å². The average Bonchev–Trinajstić information content (AvgIpc) is 2.39. The van der Waals surface area contributed by atoms with Gasteiger partial charge in [0.2, 0.25) is 0 Å². The summed E-state index contributed by atoms with van der Waals surface area (Å²) in [5, 5.41) is 18.0. The molecule has 2 rings (SSSR count). The Balaban J connectivity index is 2.30. The van der Waals surface area contributed by atoms with Crippen LogP contribution in [0.25, 0.3) is 0 Å². The molecular weight excluding hydrogens is 258 g/mol. The van der Waals surface area contributed by atoms with Crippen LogP contribution in [-0.2, 0) is 0 Å². The third kappa shape index (κ3) is 3.19. The summed E-state index contributed by atoms with van der Waals surface area (Å²) in [5.41, 5.74) is 0.431. The number of rotatable bonds is 5. The highest BCUT2D eigenvalue weighted by Crippen LogP contribution is 2.37. The molecule has 0 aliphatic carbocycles. The number of hydrogen-bond acceptors (Lipinski definition) is 5. The van der Waals surface area contributed by atoms with Crippen LogP contribution in [0.15, 0.2) is 18.2 Å². The van der Waals surface area contributed by atoms with Gasteiger partial charge < -0.3 is 15.4 Å². The smallest absolute Gasteiger partial charge is 0.333 e. The molecule has 110 valence electrons. The minimum absolute atomic E-state index is 0.0223. The molecule has 1 heterocycles. The Morgan fingerprint density at radius 2 is 2.15 bits per heavy atom. The van der Waals surface area contributed by atoms with Crippen LogP contribution in [0, 0.1) is 10.1 Å². The fourth-order valence-corrected chi connectivity index (χ4v) is 2.51. The van der Waals surface area contributed by atoms with E-state index in [0.29, 0.717) is 18.0 Å². The maximum absolute atomic E-state index is 11.3. The molecule has 2 N–H and O–H groups in total. The summed E-state index contributed by atoms with van der Waals surface area (Å²) in [5.74, 6) is 0.319. The third-order valence-corrected chi connectivity index (χ3v) is 3.62. The van der Waals surface area contributed by atoms with Crippen molar-refractivity contribution in [3.05, 3.63) is 28.3 Å². The van der Waals surface area contributed by atoms with Gasteiger partial charge in [-0.2, -0.15) is 0 Å². The zero-order chi connectivity index (χ0) is 14.6. The zero-order valence-electron chi connectivity index (χ0n) is 11.9. The van der Waals surface area contributed by atoms with Crippen molar-refractivity contribution in [2.45, 2.75) is 32.2 Å². The van der Waals surface area contributed by atoms with Gasteiger partial charge >= 0.3 is 5.69 Å². The number of nitro benzene ring substituents is 1. The second-order valence-electron chi connectivity index (χ2n) is 5.28. The lowest BCUT2D eigenvalue weighted by Gasteiger charge is -2.35. The Morgan fingerprint density at radius 1 is 1.45 bits per heavy atom. The first-order chi connectivity index (χ1) is 9.56. The van der Waals surface area contributed by atoms with E-state index in [1.54, 1.807) is 18.2 Å². The molecule has 0 spiro atoms. The van der Waals surface area contributed by atoms with E-state index >= 15 is 0 Å². The molecule has 0 amide bonds. The van der Waals surface area contributed by atoms with E-state index in [2.05, 4.69) is 17.6 Å². The number of nitrogens with one attached hydrogen (secondary N) is 2. The average molecular weight is 279 g/mol. The summed E-state index contributed by atoms with van der Waals surface area (Å²) in [6.45, 7) is 6.17. The Labute approximate surface area is 118 Å². The van der Waals surface area contributed by atoms with E-state index in [0.717, 1.165) is 25.9 Å². The minimum Gasteiger partial charge on any atom is -0.487 e. The summed E-state index contributed by atoms with van der Waals surface area (Å²) < 4.78 is 5.37.